The summed E-state index contributed by atoms with van der Waals surface area (Å²) in [5, 5.41) is 19.7. The Morgan fingerprint density at radius 3 is 2.00 bits per heavy atom. The Morgan fingerprint density at radius 1 is 1.10 bits per heavy atom. The van der Waals surface area contributed by atoms with Gasteiger partial charge in [0.2, 0.25) is 0 Å². The number of aromatic nitrogens is 2. The van der Waals surface area contributed by atoms with Crippen molar-refractivity contribution in [3.63, 3.8) is 0 Å². The highest BCUT2D eigenvalue weighted by Crippen LogP contribution is 2.17. The molecule has 0 fully saturated rings. The van der Waals surface area contributed by atoms with E-state index in [4.69, 9.17) is 28.3 Å². The second-order valence-corrected chi connectivity index (χ2v) is 4.58. The minimum atomic E-state index is -0.504. The molecular formula is C12H11Cl2N3O3. The maximum Gasteiger partial charge on any atom is 0.287 e. The van der Waals surface area contributed by atoms with Crippen LogP contribution in [0.3, 0.4) is 0 Å². The third kappa shape index (κ3) is 4.64. The van der Waals surface area contributed by atoms with Gasteiger partial charge in [-0.15, -0.1) is 0 Å². The van der Waals surface area contributed by atoms with Gasteiger partial charge in [-0.25, -0.2) is 9.97 Å². The fourth-order valence-corrected chi connectivity index (χ4v) is 1.39. The lowest BCUT2D eigenvalue weighted by molar-refractivity contribution is -0.385. The molecule has 2 aromatic heterocycles. The van der Waals surface area contributed by atoms with Gasteiger partial charge in [0.1, 0.15) is 22.3 Å². The molecule has 0 aliphatic carbocycles. The molecule has 2 aromatic rings. The van der Waals surface area contributed by atoms with Crippen molar-refractivity contribution < 1.29 is 10.0 Å². The molecule has 0 saturated heterocycles. The average Bonchev–Trinajstić information content (AvgIpc) is 2.38. The zero-order chi connectivity index (χ0) is 15.3. The third-order valence-corrected chi connectivity index (χ3v) is 3.00. The second kappa shape index (κ2) is 7.02. The molecule has 106 valence electrons. The zero-order valence-corrected chi connectivity index (χ0v) is 12.2. The molecule has 0 aliphatic heterocycles. The Labute approximate surface area is 125 Å². The van der Waals surface area contributed by atoms with Crippen molar-refractivity contribution in [1.82, 2.24) is 9.97 Å². The van der Waals surface area contributed by atoms with Gasteiger partial charge >= 0.3 is 0 Å². The Kier molecular flexibility index (Phi) is 5.66. The van der Waals surface area contributed by atoms with Crippen LogP contribution in [-0.4, -0.2) is 20.0 Å². The lowest BCUT2D eigenvalue weighted by atomic mass is 10.3. The molecule has 0 atom stereocenters. The number of hydrogen-bond acceptors (Lipinski definition) is 5. The molecular weight excluding hydrogens is 305 g/mol. The fraction of sp³-hybridized carbons (Fsp3) is 0.167. The van der Waals surface area contributed by atoms with E-state index in [2.05, 4.69) is 9.97 Å². The van der Waals surface area contributed by atoms with Crippen LogP contribution in [0.5, 0.6) is 5.75 Å². The number of nitro groups is 1. The molecule has 0 aromatic carbocycles. The van der Waals surface area contributed by atoms with Crippen LogP contribution in [0.2, 0.25) is 10.3 Å². The summed E-state index contributed by atoms with van der Waals surface area (Å²) in [7, 11) is 0. The number of aromatic hydroxyl groups is 1. The number of nitrogens with zero attached hydrogens (tertiary/aromatic N) is 3. The van der Waals surface area contributed by atoms with E-state index >= 15 is 0 Å². The Morgan fingerprint density at radius 2 is 1.60 bits per heavy atom. The van der Waals surface area contributed by atoms with Gasteiger partial charge in [0.15, 0.2) is 0 Å². The van der Waals surface area contributed by atoms with Gasteiger partial charge in [0, 0.05) is 6.07 Å². The molecule has 0 bridgehead atoms. The quantitative estimate of drug-likeness (QED) is 0.492. The molecule has 8 heteroatoms. The first kappa shape index (κ1) is 16.1. The number of rotatable bonds is 1. The van der Waals surface area contributed by atoms with Crippen molar-refractivity contribution >= 4 is 28.9 Å². The maximum atomic E-state index is 10.2. The average molecular weight is 316 g/mol. The summed E-state index contributed by atoms with van der Waals surface area (Å²) in [6.45, 7) is 3.46. The third-order valence-electron chi connectivity index (χ3n) is 2.21. The molecule has 0 aliphatic rings. The van der Waals surface area contributed by atoms with E-state index in [0.717, 1.165) is 11.8 Å². The van der Waals surface area contributed by atoms with E-state index in [0.29, 0.717) is 15.9 Å². The molecule has 2 heterocycles. The van der Waals surface area contributed by atoms with Crippen molar-refractivity contribution in [3.8, 4) is 5.75 Å². The van der Waals surface area contributed by atoms with Gasteiger partial charge in [-0.05, 0) is 31.0 Å². The SMILES string of the molecule is Cc1cc(O)cnc1Cl.Cc1cc([N+](=O)[O-])cnc1Cl. The molecule has 2 rings (SSSR count). The first-order valence-electron chi connectivity index (χ1n) is 5.39. The van der Waals surface area contributed by atoms with E-state index in [1.807, 2.05) is 0 Å². The van der Waals surface area contributed by atoms with E-state index in [9.17, 15) is 10.1 Å². The summed E-state index contributed by atoms with van der Waals surface area (Å²) >= 11 is 11.1. The standard InChI is InChI=1S/C6H5ClN2O2.C6H6ClNO/c1-4-2-5(9(10)11)3-8-6(4)7;1-4-2-5(9)3-8-6(4)7/h2-3H,1H3;2-3,9H,1H3. The molecule has 0 radical (unpaired) electrons. The summed E-state index contributed by atoms with van der Waals surface area (Å²) in [5.74, 6) is 0.150. The summed E-state index contributed by atoms with van der Waals surface area (Å²) in [6, 6.07) is 2.95. The topological polar surface area (TPSA) is 89.2 Å². The van der Waals surface area contributed by atoms with Crippen LogP contribution in [0.4, 0.5) is 5.69 Å². The predicted molar refractivity (Wildman–Crippen MR) is 76.3 cm³/mol. The van der Waals surface area contributed by atoms with Gasteiger partial charge in [-0.3, -0.25) is 10.1 Å². The Bertz CT molecular complexity index is 635. The summed E-state index contributed by atoms with van der Waals surface area (Å²) in [6.07, 6.45) is 2.45. The van der Waals surface area contributed by atoms with Crippen molar-refractivity contribution in [3.05, 3.63) is 56.1 Å². The van der Waals surface area contributed by atoms with Crippen LogP contribution in [0, 0.1) is 24.0 Å². The monoisotopic (exact) mass is 315 g/mol. The Hall–Kier alpha value is -1.92. The number of hydrogen-bond donors (Lipinski definition) is 1. The lowest BCUT2D eigenvalue weighted by Gasteiger charge is -1.94. The van der Waals surface area contributed by atoms with Gasteiger partial charge in [0.05, 0.1) is 11.1 Å². The summed E-state index contributed by atoms with van der Waals surface area (Å²) in [4.78, 5) is 17.0. The van der Waals surface area contributed by atoms with E-state index in [-0.39, 0.29) is 11.4 Å². The molecule has 20 heavy (non-hydrogen) atoms. The summed E-state index contributed by atoms with van der Waals surface area (Å²) in [5.41, 5.74) is 1.37. The molecule has 0 unspecified atom stereocenters. The first-order valence-corrected chi connectivity index (χ1v) is 6.14. The molecule has 1 N–H and O–H groups in total. The van der Waals surface area contributed by atoms with Crippen LogP contribution in [0.1, 0.15) is 11.1 Å². The minimum Gasteiger partial charge on any atom is -0.506 e. The second-order valence-electron chi connectivity index (χ2n) is 3.86. The molecule has 0 saturated carbocycles. The fourth-order valence-electron chi connectivity index (χ4n) is 1.19. The highest BCUT2D eigenvalue weighted by atomic mass is 35.5. The largest absolute Gasteiger partial charge is 0.506 e. The zero-order valence-electron chi connectivity index (χ0n) is 10.7. The van der Waals surface area contributed by atoms with Crippen LogP contribution in [0.25, 0.3) is 0 Å². The van der Waals surface area contributed by atoms with Gasteiger partial charge in [-0.2, -0.15) is 0 Å². The van der Waals surface area contributed by atoms with Gasteiger partial charge < -0.3 is 5.11 Å². The van der Waals surface area contributed by atoms with E-state index in [1.54, 1.807) is 19.9 Å². The van der Waals surface area contributed by atoms with Crippen LogP contribution in [0.15, 0.2) is 24.5 Å². The number of aryl methyl sites for hydroxylation is 2. The maximum absolute atomic E-state index is 10.2. The smallest absolute Gasteiger partial charge is 0.287 e. The van der Waals surface area contributed by atoms with Crippen LogP contribution >= 0.6 is 23.2 Å². The van der Waals surface area contributed by atoms with Gasteiger partial charge in [-0.1, -0.05) is 23.2 Å². The lowest BCUT2D eigenvalue weighted by Crippen LogP contribution is -1.90. The number of pyridine rings is 2. The van der Waals surface area contributed by atoms with Crippen LogP contribution in [-0.2, 0) is 0 Å². The van der Waals surface area contributed by atoms with Crippen LogP contribution < -0.4 is 0 Å². The Balaban J connectivity index is 0.000000204. The van der Waals surface area contributed by atoms with Crippen molar-refractivity contribution in [2.24, 2.45) is 0 Å². The number of halogens is 2. The minimum absolute atomic E-state index is 0.0353. The van der Waals surface area contributed by atoms with Crippen molar-refractivity contribution in [2.45, 2.75) is 13.8 Å². The highest BCUT2D eigenvalue weighted by Gasteiger charge is 2.07. The first-order chi connectivity index (χ1) is 9.31. The molecule has 0 amide bonds. The summed E-state index contributed by atoms with van der Waals surface area (Å²) < 4.78 is 0. The molecule has 0 spiro atoms. The molecule has 6 nitrogen and oxygen atoms in total. The van der Waals surface area contributed by atoms with Crippen molar-refractivity contribution in [1.29, 1.82) is 0 Å². The van der Waals surface area contributed by atoms with Crippen molar-refractivity contribution in [2.75, 3.05) is 0 Å². The highest BCUT2D eigenvalue weighted by molar-refractivity contribution is 6.30. The predicted octanol–water partition coefficient (Wildman–Crippen LogP) is 3.70. The van der Waals surface area contributed by atoms with E-state index < -0.39 is 4.92 Å². The van der Waals surface area contributed by atoms with E-state index in [1.165, 1.54) is 12.3 Å². The normalized spacial score (nSPS) is 9.60. The van der Waals surface area contributed by atoms with Gasteiger partial charge in [0.25, 0.3) is 5.69 Å².